The van der Waals surface area contributed by atoms with Gasteiger partial charge in [-0.15, -0.1) is 34.9 Å². The number of thiazole rings is 1. The first-order valence-electron chi connectivity index (χ1n) is 13.3. The fraction of sp³-hybridized carbons (Fsp3) is 0.280. The van der Waals surface area contributed by atoms with Gasteiger partial charge in [0.05, 0.1) is 0 Å². The van der Waals surface area contributed by atoms with E-state index in [4.69, 9.17) is 15.3 Å². The van der Waals surface area contributed by atoms with Crippen molar-refractivity contribution in [3.05, 3.63) is 52.4 Å². The van der Waals surface area contributed by atoms with E-state index in [2.05, 4.69) is 35.5 Å². The van der Waals surface area contributed by atoms with Crippen molar-refractivity contribution in [1.29, 1.82) is 0 Å². The quantitative estimate of drug-likeness (QED) is 0.0339. The molecule has 1 saturated heterocycles. The predicted molar refractivity (Wildman–Crippen MR) is 165 cm³/mol. The summed E-state index contributed by atoms with van der Waals surface area (Å²) in [5.41, 5.74) is 6.18. The topological polar surface area (TPSA) is 269 Å². The minimum absolute atomic E-state index is 0.0355. The average molecular weight is 703 g/mol. The Morgan fingerprint density at radius 3 is 2.85 bits per heavy atom. The Morgan fingerprint density at radius 2 is 2.13 bits per heavy atom. The maximum Gasteiger partial charge on any atom is 0.512 e. The van der Waals surface area contributed by atoms with Crippen LogP contribution in [0.25, 0.3) is 5.78 Å². The number of amides is 2. The minimum atomic E-state index is -1.90. The maximum absolute atomic E-state index is 13.4. The normalized spacial score (nSPS) is 21.7. The van der Waals surface area contributed by atoms with Crippen molar-refractivity contribution < 1.29 is 44.1 Å². The van der Waals surface area contributed by atoms with Crippen LogP contribution in [0.1, 0.15) is 11.4 Å². The fourth-order valence-corrected chi connectivity index (χ4v) is 7.52. The highest BCUT2D eigenvalue weighted by Crippen LogP contribution is 2.42. The number of β-lactam (4-membered cyclic amide) rings is 1. The molecule has 0 spiro atoms. The van der Waals surface area contributed by atoms with Crippen LogP contribution in [-0.4, -0.2) is 116 Å². The Morgan fingerprint density at radius 1 is 1.32 bits per heavy atom. The molecular formula is C25H22N10O9S3. The van der Waals surface area contributed by atoms with E-state index in [0.29, 0.717) is 22.1 Å². The number of nitrogen functional groups attached to an aromatic ring is 1. The lowest BCUT2D eigenvalue weighted by molar-refractivity contribution is -0.148. The van der Waals surface area contributed by atoms with Crippen molar-refractivity contribution in [2.45, 2.75) is 35.8 Å². The maximum atomic E-state index is 13.4. The number of rotatable bonds is 10. The smallest absolute Gasteiger partial charge is 0.449 e. The summed E-state index contributed by atoms with van der Waals surface area (Å²) in [5.74, 6) is -1.56. The molecule has 2 amide bonds. The molecule has 47 heavy (non-hydrogen) atoms. The first kappa shape index (κ1) is 32.1. The Balaban J connectivity index is 1.19. The molecule has 6 N–H and O–H groups in total. The van der Waals surface area contributed by atoms with Crippen LogP contribution in [0.4, 0.5) is 9.93 Å². The number of nitrogens with two attached hydrogens (primary N) is 1. The first-order chi connectivity index (χ1) is 22.5. The number of ether oxygens (including phenoxy) is 1. The van der Waals surface area contributed by atoms with E-state index >= 15 is 0 Å². The first-order valence-corrected chi connectivity index (χ1v) is 16.2. The number of fused-ring (bicyclic) bond motifs is 2. The summed E-state index contributed by atoms with van der Waals surface area (Å²) in [6.45, 7) is 1.80. The highest BCUT2D eigenvalue weighted by atomic mass is 32.2. The lowest BCUT2D eigenvalue weighted by Gasteiger charge is -2.49. The number of hydrogen-bond donors (Lipinski definition) is 5. The number of hydrogen-bond acceptors (Lipinski definition) is 18. The second kappa shape index (κ2) is 13.1. The number of carboxylic acid groups (broad SMARTS) is 1. The minimum Gasteiger partial charge on any atom is -0.449 e. The van der Waals surface area contributed by atoms with Crippen molar-refractivity contribution in [2.75, 3.05) is 17.2 Å². The largest absolute Gasteiger partial charge is 0.512 e. The third-order valence-corrected chi connectivity index (χ3v) is 9.72. The molecule has 0 saturated carbocycles. The molecule has 0 aromatic carbocycles. The van der Waals surface area contributed by atoms with E-state index in [0.717, 1.165) is 28.5 Å². The average Bonchev–Trinajstić information content (AvgIpc) is 3.68. The van der Waals surface area contributed by atoms with Crippen LogP contribution in [-0.2, 0) is 24.0 Å². The Bertz CT molecular complexity index is 1920. The number of thioether (sulfide) groups is 2. The Hall–Kier alpha value is -4.90. The van der Waals surface area contributed by atoms with E-state index in [-0.39, 0.29) is 33.9 Å². The molecule has 6 rings (SSSR count). The van der Waals surface area contributed by atoms with Gasteiger partial charge in [0, 0.05) is 40.4 Å². The van der Waals surface area contributed by atoms with Gasteiger partial charge in [-0.3, -0.25) is 24.3 Å². The SMILES string of the molecule is Cc1cc(SCC2=C(OC(=O)O)N3C(=O)[C@@H](NC(=O)/C(=N\OC(O)C4=CC(=O)C(O)C=N4)c4csc(N)n4)[C@H]3SC2)n2ncnc2n1. The van der Waals surface area contributed by atoms with Crippen molar-refractivity contribution in [1.82, 2.24) is 34.8 Å². The van der Waals surface area contributed by atoms with Gasteiger partial charge in [0.2, 0.25) is 5.88 Å². The van der Waals surface area contributed by atoms with Crippen LogP contribution >= 0.6 is 34.9 Å². The molecule has 4 atom stereocenters. The van der Waals surface area contributed by atoms with Crippen molar-refractivity contribution in [3.63, 3.8) is 0 Å². The number of aromatic nitrogens is 5. The Labute approximate surface area is 275 Å². The van der Waals surface area contributed by atoms with E-state index in [9.17, 15) is 34.5 Å². The molecule has 0 bridgehead atoms. The summed E-state index contributed by atoms with van der Waals surface area (Å²) in [6, 6.07) is 0.674. The van der Waals surface area contributed by atoms with Gasteiger partial charge in [0.1, 0.15) is 34.2 Å². The van der Waals surface area contributed by atoms with E-state index in [1.54, 1.807) is 13.0 Å². The number of nitrogens with one attached hydrogen (secondary N) is 1. The zero-order valence-electron chi connectivity index (χ0n) is 23.8. The molecule has 3 aromatic heterocycles. The highest BCUT2D eigenvalue weighted by Gasteiger charge is 2.54. The lowest BCUT2D eigenvalue weighted by Crippen LogP contribution is -2.70. The van der Waals surface area contributed by atoms with Crippen molar-refractivity contribution >= 4 is 81.4 Å². The predicted octanol–water partition coefficient (Wildman–Crippen LogP) is -0.493. The van der Waals surface area contributed by atoms with Gasteiger partial charge in [-0.2, -0.15) is 14.6 Å². The summed E-state index contributed by atoms with van der Waals surface area (Å²) in [5, 5.41) is 41.1. The van der Waals surface area contributed by atoms with E-state index in [1.165, 1.54) is 39.7 Å². The van der Waals surface area contributed by atoms with E-state index < -0.39 is 53.3 Å². The number of aliphatic hydroxyl groups is 2. The van der Waals surface area contributed by atoms with Crippen molar-refractivity contribution in [3.8, 4) is 0 Å². The van der Waals surface area contributed by atoms with Gasteiger partial charge in [0.15, 0.2) is 22.7 Å². The van der Waals surface area contributed by atoms with Gasteiger partial charge in [-0.1, -0.05) is 5.16 Å². The fourth-order valence-electron chi connectivity index (χ4n) is 4.47. The summed E-state index contributed by atoms with van der Waals surface area (Å²) >= 11 is 3.59. The zero-order chi connectivity index (χ0) is 33.4. The molecule has 1 fully saturated rings. The zero-order valence-corrected chi connectivity index (χ0v) is 26.2. The molecule has 22 heteroatoms. The third kappa shape index (κ3) is 6.53. The van der Waals surface area contributed by atoms with Gasteiger partial charge < -0.3 is 35.9 Å². The van der Waals surface area contributed by atoms with Crippen LogP contribution in [0, 0.1) is 6.92 Å². The van der Waals surface area contributed by atoms with Crippen molar-refractivity contribution in [2.24, 2.45) is 10.1 Å². The molecule has 244 valence electrons. The number of oxime groups is 1. The number of anilines is 1. The summed E-state index contributed by atoms with van der Waals surface area (Å²) < 4.78 is 6.60. The molecular weight excluding hydrogens is 681 g/mol. The lowest BCUT2D eigenvalue weighted by atomic mass is 10.1. The van der Waals surface area contributed by atoms with Gasteiger partial charge in [0.25, 0.3) is 23.9 Å². The van der Waals surface area contributed by atoms with Gasteiger partial charge in [-0.25, -0.2) is 14.8 Å². The van der Waals surface area contributed by atoms with Gasteiger partial charge in [-0.05, 0) is 13.0 Å². The van der Waals surface area contributed by atoms with Crippen LogP contribution in [0.15, 0.2) is 56.2 Å². The standard InChI is InChI=1S/C25H22N10O9S3/c1-9-2-15(35-24(30-9)28-8-29-35)45-5-10-6-46-21-17(19(39)34(21)20(10)43-25(41)42)32-18(38)16(12-7-47-23(26)31-12)33-44-22(40)11-3-13(36)14(37)4-27-11/h2-4,7-8,14,17,21-22,37,40H,5-6H2,1H3,(H2,26,31)(H,32,38)(H,41,42)/b33-16-/t14?,17-,21-,22?/m1/s1. The third-order valence-electron chi connectivity index (χ3n) is 6.63. The highest BCUT2D eigenvalue weighted by molar-refractivity contribution is 8.01. The molecule has 0 radical (unpaired) electrons. The number of carbonyl (C=O) groups is 4. The molecule has 6 heterocycles. The molecule has 3 aliphatic heterocycles. The molecule has 2 unspecified atom stereocenters. The number of carbonyl (C=O) groups excluding carboxylic acids is 3. The Kier molecular flexibility index (Phi) is 8.92. The van der Waals surface area contributed by atoms with E-state index in [1.807, 2.05) is 0 Å². The number of aryl methyl sites for hydroxylation is 1. The number of aliphatic hydroxyl groups excluding tert-OH is 2. The van der Waals surface area contributed by atoms with Crippen LogP contribution in [0.5, 0.6) is 0 Å². The summed E-state index contributed by atoms with van der Waals surface area (Å²) in [7, 11) is 0. The van der Waals surface area contributed by atoms with Crippen LogP contribution in [0.2, 0.25) is 0 Å². The molecule has 19 nitrogen and oxygen atoms in total. The molecule has 3 aromatic rings. The number of aliphatic imine (C=N–C) groups is 1. The summed E-state index contributed by atoms with van der Waals surface area (Å²) in [6.07, 6.45) is -1.86. The number of ketones is 1. The number of nitrogens with zero attached hydrogens (tertiary/aromatic N) is 8. The summed E-state index contributed by atoms with van der Waals surface area (Å²) in [4.78, 5) is 72.4. The van der Waals surface area contributed by atoms with Crippen LogP contribution in [0.3, 0.4) is 0 Å². The second-order valence-electron chi connectivity index (χ2n) is 9.80. The van der Waals surface area contributed by atoms with Gasteiger partial charge >= 0.3 is 6.16 Å². The second-order valence-corrected chi connectivity index (χ2v) is 12.8. The van der Waals surface area contributed by atoms with Crippen LogP contribution < -0.4 is 11.1 Å². The molecule has 3 aliphatic rings. The monoisotopic (exact) mass is 702 g/mol. The molecule has 0 aliphatic carbocycles.